The Morgan fingerprint density at radius 3 is 2.92 bits per heavy atom. The molecule has 0 radical (unpaired) electrons. The molecule has 0 aromatic carbocycles. The second kappa shape index (κ2) is 2.44. The lowest BCUT2D eigenvalue weighted by atomic mass is 10.3. The summed E-state index contributed by atoms with van der Waals surface area (Å²) in [7, 11) is 1.39. The summed E-state index contributed by atoms with van der Waals surface area (Å²) < 4.78 is 4.85. The van der Waals surface area contributed by atoms with Crippen molar-refractivity contribution in [2.75, 3.05) is 7.11 Å². The lowest BCUT2D eigenvalue weighted by molar-refractivity contribution is 0.0109. The molecule has 4 N–H and O–H groups in total. The van der Waals surface area contributed by atoms with Crippen LogP contribution in [0.5, 0.6) is 0 Å². The van der Waals surface area contributed by atoms with Crippen LogP contribution in [-0.2, 0) is 4.74 Å². The maximum absolute atomic E-state index is 5.60. The van der Waals surface area contributed by atoms with Crippen molar-refractivity contribution in [3.63, 3.8) is 0 Å². The van der Waals surface area contributed by atoms with E-state index < -0.39 is 5.97 Å². The molecule has 0 spiro atoms. The average molecular weight is 180 g/mol. The summed E-state index contributed by atoms with van der Waals surface area (Å²) >= 11 is 0. The Bertz CT molecular complexity index is 367. The second-order valence-electron chi connectivity index (χ2n) is 2.52. The molecule has 0 saturated carbocycles. The van der Waals surface area contributed by atoms with Crippen LogP contribution in [0.3, 0.4) is 0 Å². The van der Waals surface area contributed by atoms with Crippen LogP contribution in [0.15, 0.2) is 20.0 Å². The van der Waals surface area contributed by atoms with Crippen molar-refractivity contribution in [3.05, 3.63) is 0 Å². The highest BCUT2D eigenvalue weighted by atomic mass is 16.5. The topological polar surface area (TPSA) is 111 Å². The molecule has 0 aromatic heterocycles. The monoisotopic (exact) mass is 180 g/mol. The molecule has 7 heteroatoms. The molecule has 2 heterocycles. The zero-order chi connectivity index (χ0) is 9.47. The van der Waals surface area contributed by atoms with E-state index in [2.05, 4.69) is 20.0 Å². The number of fused-ring (bicyclic) bond motifs is 1. The van der Waals surface area contributed by atoms with Crippen LogP contribution in [0.4, 0.5) is 0 Å². The number of nitrogens with two attached hydrogens (primary N) is 2. The van der Waals surface area contributed by atoms with Gasteiger partial charge in [0.1, 0.15) is 6.34 Å². The SMILES string of the molecule is COC1(N)N=C(N)C2=NC=NC2=N1. The fourth-order valence-electron chi connectivity index (χ4n) is 1.02. The molecule has 68 valence electrons. The van der Waals surface area contributed by atoms with E-state index in [1.807, 2.05) is 0 Å². The maximum atomic E-state index is 5.60. The molecule has 0 amide bonds. The Labute approximate surface area is 73.9 Å². The maximum Gasteiger partial charge on any atom is 0.321 e. The van der Waals surface area contributed by atoms with Gasteiger partial charge >= 0.3 is 5.97 Å². The van der Waals surface area contributed by atoms with Crippen LogP contribution in [0, 0.1) is 0 Å². The third-order valence-electron chi connectivity index (χ3n) is 1.67. The first kappa shape index (κ1) is 8.02. The van der Waals surface area contributed by atoms with Crippen molar-refractivity contribution in [1.82, 2.24) is 0 Å². The van der Waals surface area contributed by atoms with Gasteiger partial charge in [-0.25, -0.2) is 9.98 Å². The molecular weight excluding hydrogens is 172 g/mol. The lowest BCUT2D eigenvalue weighted by Gasteiger charge is -2.22. The number of methoxy groups -OCH3 is 1. The first-order valence-corrected chi connectivity index (χ1v) is 3.55. The number of amidine groups is 2. The summed E-state index contributed by atoms with van der Waals surface area (Å²) in [5.74, 6) is -0.913. The van der Waals surface area contributed by atoms with Crippen LogP contribution in [-0.4, -0.2) is 36.8 Å². The van der Waals surface area contributed by atoms with Gasteiger partial charge in [0.05, 0.1) is 0 Å². The van der Waals surface area contributed by atoms with Gasteiger partial charge in [0, 0.05) is 7.11 Å². The number of ether oxygens (including phenoxy) is 1. The smallest absolute Gasteiger partial charge is 0.321 e. The molecule has 0 bridgehead atoms. The van der Waals surface area contributed by atoms with Crippen molar-refractivity contribution in [3.8, 4) is 0 Å². The summed E-state index contributed by atoms with van der Waals surface area (Å²) in [6, 6.07) is 0. The largest absolute Gasteiger partial charge is 0.382 e. The molecule has 0 aromatic rings. The van der Waals surface area contributed by atoms with Crippen LogP contribution in [0.1, 0.15) is 0 Å². The number of rotatable bonds is 1. The van der Waals surface area contributed by atoms with Gasteiger partial charge in [-0.2, -0.15) is 9.98 Å². The summed E-state index contributed by atoms with van der Waals surface area (Å²) in [4.78, 5) is 15.5. The van der Waals surface area contributed by atoms with Gasteiger partial charge in [-0.15, -0.1) is 0 Å². The molecule has 0 fully saturated rings. The van der Waals surface area contributed by atoms with E-state index in [0.717, 1.165) is 0 Å². The zero-order valence-electron chi connectivity index (χ0n) is 6.93. The highest BCUT2D eigenvalue weighted by Crippen LogP contribution is 2.14. The summed E-state index contributed by atoms with van der Waals surface area (Å²) in [6.45, 7) is 0. The van der Waals surface area contributed by atoms with Crippen LogP contribution in [0.2, 0.25) is 0 Å². The van der Waals surface area contributed by atoms with Gasteiger partial charge in [-0.05, 0) is 0 Å². The number of hydrogen-bond acceptors (Lipinski definition) is 7. The Balaban J connectivity index is 2.47. The first-order valence-electron chi connectivity index (χ1n) is 3.55. The average Bonchev–Trinajstić information content (AvgIpc) is 2.52. The summed E-state index contributed by atoms with van der Waals surface area (Å²) in [5, 5.41) is 0. The van der Waals surface area contributed by atoms with E-state index >= 15 is 0 Å². The van der Waals surface area contributed by atoms with Crippen molar-refractivity contribution in [2.45, 2.75) is 5.97 Å². The molecule has 1 atom stereocenters. The van der Waals surface area contributed by atoms with Gasteiger partial charge in [0.15, 0.2) is 17.4 Å². The molecule has 7 nitrogen and oxygen atoms in total. The molecular formula is C6H8N6O. The lowest BCUT2D eigenvalue weighted by Crippen LogP contribution is -2.47. The van der Waals surface area contributed by atoms with Crippen LogP contribution < -0.4 is 11.5 Å². The molecule has 1 unspecified atom stereocenters. The minimum Gasteiger partial charge on any atom is -0.382 e. The molecule has 13 heavy (non-hydrogen) atoms. The van der Waals surface area contributed by atoms with E-state index in [4.69, 9.17) is 16.2 Å². The van der Waals surface area contributed by atoms with E-state index in [-0.39, 0.29) is 5.84 Å². The minimum absolute atomic E-state index is 0.187. The van der Waals surface area contributed by atoms with Crippen molar-refractivity contribution in [1.29, 1.82) is 0 Å². The number of aliphatic imine (C=N–C) groups is 4. The van der Waals surface area contributed by atoms with Crippen LogP contribution >= 0.6 is 0 Å². The third kappa shape index (κ3) is 1.14. The summed E-state index contributed by atoms with van der Waals surface area (Å²) in [6.07, 6.45) is 1.35. The Kier molecular flexibility index (Phi) is 1.51. The highest BCUT2D eigenvalue weighted by molar-refractivity contribution is 6.70. The van der Waals surface area contributed by atoms with E-state index in [1.54, 1.807) is 0 Å². The standard InChI is InChI=1S/C6H8N6O/c1-13-6(8)11-4(7)3-5(12-6)10-2-9-3/h2H,8H2,1H3,(H2,7,11). The molecule has 0 saturated heterocycles. The minimum atomic E-state index is -1.46. The van der Waals surface area contributed by atoms with Gasteiger partial charge in [0.2, 0.25) is 0 Å². The normalized spacial score (nSPS) is 30.8. The molecule has 0 aliphatic carbocycles. The summed E-state index contributed by atoms with van der Waals surface area (Å²) in [5.41, 5.74) is 11.6. The number of hydrogen-bond donors (Lipinski definition) is 2. The van der Waals surface area contributed by atoms with Crippen molar-refractivity contribution in [2.24, 2.45) is 31.4 Å². The quantitative estimate of drug-likeness (QED) is 0.476. The second-order valence-corrected chi connectivity index (χ2v) is 2.52. The van der Waals surface area contributed by atoms with E-state index in [9.17, 15) is 0 Å². The molecule has 2 aliphatic rings. The predicted octanol–water partition coefficient (Wildman–Crippen LogP) is -1.54. The van der Waals surface area contributed by atoms with Crippen LogP contribution in [0.25, 0.3) is 0 Å². The Hall–Kier alpha value is -1.60. The van der Waals surface area contributed by atoms with Crippen molar-refractivity contribution >= 4 is 23.7 Å². The fourth-order valence-corrected chi connectivity index (χ4v) is 1.02. The van der Waals surface area contributed by atoms with Gasteiger partial charge in [-0.1, -0.05) is 0 Å². The fraction of sp³-hybridized carbons (Fsp3) is 0.333. The zero-order valence-corrected chi connectivity index (χ0v) is 6.93. The molecule has 2 rings (SSSR count). The molecule has 2 aliphatic heterocycles. The van der Waals surface area contributed by atoms with E-state index in [0.29, 0.717) is 11.5 Å². The van der Waals surface area contributed by atoms with E-state index in [1.165, 1.54) is 13.4 Å². The van der Waals surface area contributed by atoms with Gasteiger partial charge < -0.3 is 10.5 Å². The first-order chi connectivity index (χ1) is 6.14. The highest BCUT2D eigenvalue weighted by Gasteiger charge is 2.32. The van der Waals surface area contributed by atoms with Crippen molar-refractivity contribution < 1.29 is 4.74 Å². The van der Waals surface area contributed by atoms with Gasteiger partial charge in [0.25, 0.3) is 0 Å². The Morgan fingerprint density at radius 1 is 1.46 bits per heavy atom. The predicted molar refractivity (Wildman–Crippen MR) is 48.9 cm³/mol. The number of nitrogens with zero attached hydrogens (tertiary/aromatic N) is 4. The third-order valence-corrected chi connectivity index (χ3v) is 1.67. The Morgan fingerprint density at radius 2 is 2.23 bits per heavy atom. The van der Waals surface area contributed by atoms with Gasteiger partial charge in [-0.3, -0.25) is 5.73 Å².